The Hall–Kier alpha value is -3.88. The number of ether oxygens (including phenoxy) is 7. The predicted molar refractivity (Wildman–Crippen MR) is 136 cm³/mol. The Balaban J connectivity index is 1.41. The first-order chi connectivity index (χ1) is 17.9. The highest BCUT2D eigenvalue weighted by molar-refractivity contribution is 6.30. The summed E-state index contributed by atoms with van der Waals surface area (Å²) in [7, 11) is 4.62. The Morgan fingerprint density at radius 2 is 1.73 bits per heavy atom. The summed E-state index contributed by atoms with van der Waals surface area (Å²) in [5, 5.41) is 0.575. The number of hydrogen-bond acceptors (Lipinski definition) is 8. The fraction of sp³-hybridized carbons (Fsp3) is 0.250. The summed E-state index contributed by atoms with van der Waals surface area (Å²) in [6.07, 6.45) is 1.63. The van der Waals surface area contributed by atoms with Gasteiger partial charge in [-0.25, -0.2) is 0 Å². The molecule has 0 fully saturated rings. The van der Waals surface area contributed by atoms with Gasteiger partial charge in [0.2, 0.25) is 5.78 Å². The van der Waals surface area contributed by atoms with Gasteiger partial charge in [0.25, 0.3) is 0 Å². The average Bonchev–Trinajstić information content (AvgIpc) is 3.21. The number of aryl methyl sites for hydroxylation is 1. The van der Waals surface area contributed by atoms with Crippen molar-refractivity contribution < 1.29 is 38.0 Å². The van der Waals surface area contributed by atoms with Crippen molar-refractivity contribution in [1.29, 1.82) is 0 Å². The van der Waals surface area contributed by atoms with Gasteiger partial charge in [-0.3, -0.25) is 4.79 Å². The lowest BCUT2D eigenvalue weighted by molar-refractivity contribution is -0.0175. The molecule has 0 amide bonds. The number of ketones is 1. The van der Waals surface area contributed by atoms with Crippen LogP contribution in [-0.2, 0) is 18.0 Å². The topological polar surface area (TPSA) is 81.7 Å². The van der Waals surface area contributed by atoms with E-state index in [1.54, 1.807) is 44.6 Å². The largest absolute Gasteiger partial charge is 0.496 e. The molecule has 2 heterocycles. The van der Waals surface area contributed by atoms with Gasteiger partial charge in [-0.1, -0.05) is 11.6 Å². The number of Topliss-reactive ketones (excluding diaryl/α,β-unsaturated/α-hetero) is 1. The number of allylic oxidation sites excluding steroid dienone is 1. The van der Waals surface area contributed by atoms with Crippen LogP contribution in [-0.4, -0.2) is 33.9 Å². The third-order valence-corrected chi connectivity index (χ3v) is 6.33. The maximum absolute atomic E-state index is 13.2. The van der Waals surface area contributed by atoms with E-state index in [0.29, 0.717) is 57.3 Å². The number of methoxy groups -OCH3 is 3. The van der Waals surface area contributed by atoms with Crippen molar-refractivity contribution in [2.24, 2.45) is 0 Å². The van der Waals surface area contributed by atoms with Crippen molar-refractivity contribution in [3.63, 3.8) is 0 Å². The van der Waals surface area contributed by atoms with E-state index < -0.39 is 0 Å². The summed E-state index contributed by atoms with van der Waals surface area (Å²) in [6, 6.07) is 10.6. The molecule has 0 saturated heterocycles. The van der Waals surface area contributed by atoms with Gasteiger partial charge in [-0.2, -0.15) is 0 Å². The van der Waals surface area contributed by atoms with Gasteiger partial charge in [-0.05, 0) is 42.8 Å². The molecule has 192 valence electrons. The Kier molecular flexibility index (Phi) is 6.86. The maximum atomic E-state index is 13.2. The maximum Gasteiger partial charge on any atom is 0.232 e. The second kappa shape index (κ2) is 10.2. The first kappa shape index (κ1) is 24.8. The molecule has 8 nitrogen and oxygen atoms in total. The molecule has 2 aliphatic rings. The van der Waals surface area contributed by atoms with Crippen LogP contribution >= 0.6 is 11.6 Å². The molecule has 3 aromatic carbocycles. The van der Waals surface area contributed by atoms with Crippen molar-refractivity contribution in [3.05, 3.63) is 75.0 Å². The van der Waals surface area contributed by atoms with Crippen molar-refractivity contribution in [2.75, 3.05) is 28.1 Å². The molecule has 0 spiro atoms. The summed E-state index contributed by atoms with van der Waals surface area (Å²) in [5.74, 6) is 3.15. The van der Waals surface area contributed by atoms with Gasteiger partial charge in [0.05, 0.1) is 33.5 Å². The summed E-state index contributed by atoms with van der Waals surface area (Å²) in [6.45, 7) is 2.67. The lowest BCUT2D eigenvalue weighted by Gasteiger charge is -2.21. The van der Waals surface area contributed by atoms with Crippen LogP contribution in [0.3, 0.4) is 0 Å². The van der Waals surface area contributed by atoms with Gasteiger partial charge in [0.15, 0.2) is 24.1 Å². The lowest BCUT2D eigenvalue weighted by atomic mass is 10.0. The van der Waals surface area contributed by atoms with E-state index in [0.717, 1.165) is 16.7 Å². The van der Waals surface area contributed by atoms with E-state index in [-0.39, 0.29) is 24.9 Å². The van der Waals surface area contributed by atoms with Gasteiger partial charge >= 0.3 is 0 Å². The fourth-order valence-corrected chi connectivity index (χ4v) is 4.66. The Morgan fingerprint density at radius 1 is 0.973 bits per heavy atom. The van der Waals surface area contributed by atoms with Crippen LogP contribution in [0.5, 0.6) is 34.5 Å². The van der Waals surface area contributed by atoms with Gasteiger partial charge < -0.3 is 33.2 Å². The SMILES string of the molecule is COc1cc(OC)c(OC)cc1/C=C1\Oc2cc(OCc3cc(Cl)cc4c3OCOC4)cc(C)c2C1=O. The van der Waals surface area contributed by atoms with Gasteiger partial charge in [0, 0.05) is 33.8 Å². The molecule has 2 aliphatic heterocycles. The second-order valence-electron chi connectivity index (χ2n) is 8.45. The van der Waals surface area contributed by atoms with Crippen molar-refractivity contribution in [1.82, 2.24) is 0 Å². The zero-order valence-corrected chi connectivity index (χ0v) is 21.6. The predicted octanol–water partition coefficient (Wildman–Crippen LogP) is 5.74. The smallest absolute Gasteiger partial charge is 0.232 e. The van der Waals surface area contributed by atoms with Gasteiger partial charge in [0.1, 0.15) is 29.6 Å². The number of carbonyl (C=O) groups is 1. The monoisotopic (exact) mass is 524 g/mol. The van der Waals surface area contributed by atoms with E-state index >= 15 is 0 Å². The van der Waals surface area contributed by atoms with E-state index in [1.807, 2.05) is 19.1 Å². The molecule has 0 saturated carbocycles. The molecule has 3 aromatic rings. The standard InChI is InChI=1S/C28H25ClO8/c1-15-5-20(35-13-18-7-19(29)6-17-12-34-14-36-28(17)18)10-24-26(15)27(30)25(37-24)9-16-8-22(32-3)23(33-4)11-21(16)31-2/h5-11H,12-14H2,1-4H3/b25-9-. The molecule has 5 rings (SSSR count). The molecule has 0 atom stereocenters. The molecule has 0 bridgehead atoms. The van der Waals surface area contributed by atoms with Crippen molar-refractivity contribution in [3.8, 4) is 34.5 Å². The van der Waals surface area contributed by atoms with Crippen LogP contribution in [0, 0.1) is 6.92 Å². The number of benzene rings is 3. The highest BCUT2D eigenvalue weighted by atomic mass is 35.5. The minimum atomic E-state index is -0.229. The van der Waals surface area contributed by atoms with E-state index in [2.05, 4.69) is 0 Å². The van der Waals surface area contributed by atoms with Crippen LogP contribution in [0.4, 0.5) is 0 Å². The average molecular weight is 525 g/mol. The number of rotatable bonds is 7. The normalized spacial score (nSPS) is 14.9. The highest BCUT2D eigenvalue weighted by Gasteiger charge is 2.30. The van der Waals surface area contributed by atoms with Crippen LogP contribution in [0.25, 0.3) is 6.08 Å². The molecule has 9 heteroatoms. The molecule has 37 heavy (non-hydrogen) atoms. The van der Waals surface area contributed by atoms with Crippen molar-refractivity contribution >= 4 is 23.5 Å². The fourth-order valence-electron chi connectivity index (χ4n) is 4.39. The van der Waals surface area contributed by atoms with Crippen LogP contribution in [0.2, 0.25) is 5.02 Å². The molecule has 0 unspecified atom stereocenters. The summed E-state index contributed by atoms with van der Waals surface area (Å²) in [4.78, 5) is 13.2. The lowest BCUT2D eigenvalue weighted by Crippen LogP contribution is -2.14. The van der Waals surface area contributed by atoms with Gasteiger partial charge in [-0.15, -0.1) is 0 Å². The summed E-state index contributed by atoms with van der Waals surface area (Å²) >= 11 is 6.27. The van der Waals surface area contributed by atoms with E-state index in [9.17, 15) is 4.79 Å². The highest BCUT2D eigenvalue weighted by Crippen LogP contribution is 2.41. The molecule has 0 N–H and O–H groups in total. The summed E-state index contributed by atoms with van der Waals surface area (Å²) < 4.78 is 39.3. The van der Waals surface area contributed by atoms with Crippen LogP contribution < -0.4 is 28.4 Å². The minimum Gasteiger partial charge on any atom is -0.496 e. The van der Waals surface area contributed by atoms with E-state index in [1.165, 1.54) is 7.11 Å². The first-order valence-corrected chi connectivity index (χ1v) is 11.8. The quantitative estimate of drug-likeness (QED) is 0.362. The van der Waals surface area contributed by atoms with Crippen LogP contribution in [0.15, 0.2) is 42.2 Å². The Bertz CT molecular complexity index is 1410. The zero-order chi connectivity index (χ0) is 26.1. The number of carbonyl (C=O) groups excluding carboxylic acids is 1. The molecule has 0 aromatic heterocycles. The Labute approximate surface area is 219 Å². The second-order valence-corrected chi connectivity index (χ2v) is 8.89. The number of halogens is 1. The Morgan fingerprint density at radius 3 is 2.49 bits per heavy atom. The molecule has 0 aliphatic carbocycles. The third kappa shape index (κ3) is 4.77. The number of hydrogen-bond donors (Lipinski definition) is 0. The molecular weight excluding hydrogens is 500 g/mol. The minimum absolute atomic E-state index is 0.165. The number of fused-ring (bicyclic) bond motifs is 2. The summed E-state index contributed by atoms with van der Waals surface area (Å²) in [5.41, 5.74) is 3.51. The van der Waals surface area contributed by atoms with Crippen molar-refractivity contribution in [2.45, 2.75) is 20.1 Å². The van der Waals surface area contributed by atoms with Crippen LogP contribution in [0.1, 0.15) is 32.6 Å². The third-order valence-electron chi connectivity index (χ3n) is 6.11. The first-order valence-electron chi connectivity index (χ1n) is 11.4. The molecule has 0 radical (unpaired) electrons. The molecular formula is C28H25ClO8. The zero-order valence-electron chi connectivity index (χ0n) is 20.8. The van der Waals surface area contributed by atoms with E-state index in [4.69, 9.17) is 44.8 Å².